The van der Waals surface area contributed by atoms with Crippen LogP contribution in [0, 0.1) is 0 Å². The second-order valence-electron chi connectivity index (χ2n) is 5.40. The molecule has 2 N–H and O–H groups in total. The smallest absolute Gasteiger partial charge is 0.243 e. The van der Waals surface area contributed by atoms with E-state index in [0.717, 1.165) is 24.1 Å². The third-order valence-electron chi connectivity index (χ3n) is 3.86. The molecule has 0 bridgehead atoms. The van der Waals surface area contributed by atoms with E-state index in [-0.39, 0.29) is 17.9 Å². The van der Waals surface area contributed by atoms with Crippen LogP contribution >= 0.6 is 0 Å². The van der Waals surface area contributed by atoms with Gasteiger partial charge in [-0.2, -0.15) is 0 Å². The predicted molar refractivity (Wildman–Crippen MR) is 95.0 cm³/mol. The molecule has 0 aliphatic carbocycles. The van der Waals surface area contributed by atoms with E-state index in [1.165, 1.54) is 0 Å². The first-order valence-corrected chi connectivity index (χ1v) is 8.41. The van der Waals surface area contributed by atoms with Gasteiger partial charge in [0.25, 0.3) is 0 Å². The number of anilines is 1. The number of imide groups is 1. The summed E-state index contributed by atoms with van der Waals surface area (Å²) in [6.07, 6.45) is 1.67. The van der Waals surface area contributed by atoms with Crippen LogP contribution in [-0.4, -0.2) is 42.6 Å². The Morgan fingerprint density at radius 1 is 1.33 bits per heavy atom. The summed E-state index contributed by atoms with van der Waals surface area (Å²) >= 11 is 0. The maximum absolute atomic E-state index is 11.9. The lowest BCUT2D eigenvalue weighted by Gasteiger charge is -2.30. The van der Waals surface area contributed by atoms with Gasteiger partial charge in [0.05, 0.1) is 6.04 Å². The van der Waals surface area contributed by atoms with Crippen LogP contribution in [0.25, 0.3) is 0 Å². The van der Waals surface area contributed by atoms with Crippen LogP contribution in [0.4, 0.5) is 5.69 Å². The van der Waals surface area contributed by atoms with Crippen LogP contribution in [0.1, 0.15) is 49.5 Å². The molecule has 24 heavy (non-hydrogen) atoms. The maximum Gasteiger partial charge on any atom is 0.243 e. The normalized spacial score (nSPS) is 17.0. The number of likely N-dealkylation sites (N-methyl/N-ethyl adjacent to an activating group) is 1. The van der Waals surface area contributed by atoms with Gasteiger partial charge in [-0.1, -0.05) is 26.0 Å². The standard InChI is InChI=1S/C16H21N3O3.C2H6/c1-3-17-13-6-4-5-11(10-20)12(13)9-19(2)14-7-8-15(21)18-16(14)22;1-2/h4-6,10,14,17H,3,7-9H2,1-2H3,(H,18,21,22);1-2H3. The lowest BCUT2D eigenvalue weighted by Crippen LogP contribution is -2.51. The van der Waals surface area contributed by atoms with Crippen molar-refractivity contribution < 1.29 is 14.4 Å². The topological polar surface area (TPSA) is 78.5 Å². The molecule has 132 valence electrons. The van der Waals surface area contributed by atoms with E-state index in [1.54, 1.807) is 6.07 Å². The van der Waals surface area contributed by atoms with E-state index in [1.807, 2.05) is 44.9 Å². The first-order valence-electron chi connectivity index (χ1n) is 8.41. The molecular weight excluding hydrogens is 306 g/mol. The van der Waals surface area contributed by atoms with E-state index >= 15 is 0 Å². The molecule has 1 aliphatic heterocycles. The average Bonchev–Trinajstić information content (AvgIpc) is 2.58. The van der Waals surface area contributed by atoms with Gasteiger partial charge < -0.3 is 5.32 Å². The fraction of sp³-hybridized carbons (Fsp3) is 0.500. The summed E-state index contributed by atoms with van der Waals surface area (Å²) in [5, 5.41) is 5.60. The molecule has 6 heteroatoms. The number of carbonyl (C=O) groups excluding carboxylic acids is 3. The largest absolute Gasteiger partial charge is 0.385 e. The molecule has 1 aromatic rings. The summed E-state index contributed by atoms with van der Waals surface area (Å²) in [6, 6.07) is 5.16. The first-order chi connectivity index (χ1) is 11.6. The first kappa shape index (κ1) is 19.8. The molecule has 0 spiro atoms. The predicted octanol–water partition coefficient (Wildman–Crippen LogP) is 2.19. The van der Waals surface area contributed by atoms with Gasteiger partial charge in [-0.15, -0.1) is 0 Å². The third-order valence-corrected chi connectivity index (χ3v) is 3.86. The van der Waals surface area contributed by atoms with Crippen LogP contribution in [0.15, 0.2) is 18.2 Å². The zero-order chi connectivity index (χ0) is 18.1. The van der Waals surface area contributed by atoms with Gasteiger partial charge in [0, 0.05) is 30.8 Å². The van der Waals surface area contributed by atoms with E-state index in [2.05, 4.69) is 10.6 Å². The Balaban J connectivity index is 0.00000139. The van der Waals surface area contributed by atoms with Crippen LogP contribution in [0.5, 0.6) is 0 Å². The van der Waals surface area contributed by atoms with Crippen molar-refractivity contribution in [2.45, 2.75) is 46.2 Å². The number of piperidine rings is 1. The van der Waals surface area contributed by atoms with Crippen molar-refractivity contribution >= 4 is 23.8 Å². The molecule has 1 fully saturated rings. The number of aldehydes is 1. The minimum absolute atomic E-state index is 0.226. The van der Waals surface area contributed by atoms with Crippen molar-refractivity contribution in [2.75, 3.05) is 18.9 Å². The fourth-order valence-corrected chi connectivity index (χ4v) is 2.71. The highest BCUT2D eigenvalue weighted by Gasteiger charge is 2.30. The van der Waals surface area contributed by atoms with Crippen LogP contribution in [0.3, 0.4) is 0 Å². The number of hydrogen-bond donors (Lipinski definition) is 2. The van der Waals surface area contributed by atoms with Crippen molar-refractivity contribution in [1.29, 1.82) is 0 Å². The van der Waals surface area contributed by atoms with Gasteiger partial charge in [-0.25, -0.2) is 0 Å². The van der Waals surface area contributed by atoms with Gasteiger partial charge in [-0.05, 0) is 32.0 Å². The van der Waals surface area contributed by atoms with E-state index in [9.17, 15) is 14.4 Å². The van der Waals surface area contributed by atoms with Crippen molar-refractivity contribution in [2.24, 2.45) is 0 Å². The monoisotopic (exact) mass is 333 g/mol. The molecule has 0 saturated carbocycles. The molecule has 1 atom stereocenters. The van der Waals surface area contributed by atoms with E-state index in [4.69, 9.17) is 0 Å². The van der Waals surface area contributed by atoms with Gasteiger partial charge in [0.2, 0.25) is 11.8 Å². The molecule has 1 aromatic carbocycles. The Hall–Kier alpha value is -2.21. The van der Waals surface area contributed by atoms with Crippen LogP contribution in [-0.2, 0) is 16.1 Å². The number of hydrogen-bond acceptors (Lipinski definition) is 5. The molecule has 1 aliphatic rings. The van der Waals surface area contributed by atoms with Crippen molar-refractivity contribution in [3.05, 3.63) is 29.3 Å². The summed E-state index contributed by atoms with van der Waals surface area (Å²) in [7, 11) is 1.83. The maximum atomic E-state index is 11.9. The Bertz CT molecular complexity index is 587. The number of carbonyl (C=O) groups is 3. The minimum Gasteiger partial charge on any atom is -0.385 e. The Kier molecular flexibility index (Phi) is 8.12. The SMILES string of the molecule is CC.CCNc1cccc(C=O)c1CN(C)C1CCC(=O)NC1=O. The van der Waals surface area contributed by atoms with Crippen LogP contribution in [0.2, 0.25) is 0 Å². The summed E-state index contributed by atoms with van der Waals surface area (Å²) in [4.78, 5) is 36.3. The number of nitrogens with zero attached hydrogens (tertiary/aromatic N) is 1. The third kappa shape index (κ3) is 4.89. The van der Waals surface area contributed by atoms with E-state index < -0.39 is 0 Å². The van der Waals surface area contributed by atoms with Crippen LogP contribution < -0.4 is 10.6 Å². The Morgan fingerprint density at radius 2 is 2.04 bits per heavy atom. The second-order valence-corrected chi connectivity index (χ2v) is 5.40. The highest BCUT2D eigenvalue weighted by Crippen LogP contribution is 2.23. The average molecular weight is 333 g/mol. The molecule has 2 amide bonds. The quantitative estimate of drug-likeness (QED) is 0.616. The number of benzene rings is 1. The lowest BCUT2D eigenvalue weighted by molar-refractivity contribution is -0.137. The van der Waals surface area contributed by atoms with Gasteiger partial charge in [0.15, 0.2) is 0 Å². The second kappa shape index (κ2) is 9.82. The zero-order valence-corrected chi connectivity index (χ0v) is 14.9. The lowest BCUT2D eigenvalue weighted by atomic mass is 10.0. The molecule has 1 unspecified atom stereocenters. The molecule has 1 heterocycles. The Morgan fingerprint density at radius 3 is 2.62 bits per heavy atom. The molecule has 2 rings (SSSR count). The molecule has 0 radical (unpaired) electrons. The summed E-state index contributed by atoms with van der Waals surface area (Å²) < 4.78 is 0. The summed E-state index contributed by atoms with van der Waals surface area (Å²) in [6.45, 7) is 7.20. The molecule has 0 aromatic heterocycles. The molecule has 1 saturated heterocycles. The highest BCUT2D eigenvalue weighted by atomic mass is 16.2. The number of nitrogens with one attached hydrogen (secondary N) is 2. The van der Waals surface area contributed by atoms with Crippen molar-refractivity contribution in [3.63, 3.8) is 0 Å². The summed E-state index contributed by atoms with van der Waals surface area (Å²) in [5.41, 5.74) is 2.37. The number of rotatable bonds is 6. The van der Waals surface area contributed by atoms with Crippen molar-refractivity contribution in [1.82, 2.24) is 10.2 Å². The molecular formula is C18H27N3O3. The highest BCUT2D eigenvalue weighted by molar-refractivity contribution is 6.00. The fourth-order valence-electron chi connectivity index (χ4n) is 2.71. The van der Waals surface area contributed by atoms with E-state index in [0.29, 0.717) is 24.9 Å². The Labute approximate surface area is 143 Å². The van der Waals surface area contributed by atoms with Gasteiger partial charge >= 0.3 is 0 Å². The van der Waals surface area contributed by atoms with Crippen molar-refractivity contribution in [3.8, 4) is 0 Å². The minimum atomic E-state index is -0.355. The molecule has 6 nitrogen and oxygen atoms in total. The number of amides is 2. The van der Waals surface area contributed by atoms with Gasteiger partial charge in [0.1, 0.15) is 6.29 Å². The zero-order valence-electron chi connectivity index (χ0n) is 14.9. The summed E-state index contributed by atoms with van der Waals surface area (Å²) in [5.74, 6) is -0.497. The van der Waals surface area contributed by atoms with Gasteiger partial charge in [-0.3, -0.25) is 24.6 Å².